The molecular weight excluding hydrogens is 414 g/mol. The number of amides is 2. The van der Waals surface area contributed by atoms with Crippen LogP contribution in [0.2, 0.25) is 0 Å². The largest absolute Gasteiger partial charge is 0.347 e. The maximum Gasteiger partial charge on any atom is 0.272 e. The number of anilines is 1. The first kappa shape index (κ1) is 22.2. The number of nitrogens with one attached hydrogen (secondary N) is 1. The Morgan fingerprint density at radius 3 is 2.55 bits per heavy atom. The molecule has 2 aromatic heterocycles. The minimum Gasteiger partial charge on any atom is -0.347 e. The topological polar surface area (TPSA) is 80.1 Å². The van der Waals surface area contributed by atoms with E-state index in [0.29, 0.717) is 16.8 Å². The highest BCUT2D eigenvalue weighted by molar-refractivity contribution is 6.05. The normalized spacial score (nSPS) is 11.8. The third kappa shape index (κ3) is 4.92. The molecule has 33 heavy (non-hydrogen) atoms. The molecule has 0 aliphatic heterocycles. The Kier molecular flexibility index (Phi) is 6.49. The molecule has 0 radical (unpaired) electrons. The van der Waals surface area contributed by atoms with Crippen molar-refractivity contribution < 1.29 is 9.59 Å². The monoisotopic (exact) mass is 441 g/mol. The Morgan fingerprint density at radius 2 is 1.82 bits per heavy atom. The minimum absolute atomic E-state index is 0.0427. The molecule has 0 saturated heterocycles. The van der Waals surface area contributed by atoms with E-state index in [4.69, 9.17) is 0 Å². The van der Waals surface area contributed by atoms with Crippen molar-refractivity contribution in [2.45, 2.75) is 25.8 Å². The Labute approximate surface area is 193 Å². The molecule has 1 atom stereocenters. The van der Waals surface area contributed by atoms with Crippen molar-refractivity contribution >= 4 is 28.4 Å². The fraction of sp³-hybridized carbons (Fsp3) is 0.231. The van der Waals surface area contributed by atoms with E-state index in [1.54, 1.807) is 15.5 Å². The van der Waals surface area contributed by atoms with E-state index in [1.165, 1.54) is 6.20 Å². The van der Waals surface area contributed by atoms with Gasteiger partial charge in [0.15, 0.2) is 0 Å². The van der Waals surface area contributed by atoms with Crippen molar-refractivity contribution in [2.75, 3.05) is 12.4 Å². The van der Waals surface area contributed by atoms with Crippen molar-refractivity contribution in [3.63, 3.8) is 0 Å². The summed E-state index contributed by atoms with van der Waals surface area (Å²) in [6.07, 6.45) is 5.01. The van der Waals surface area contributed by atoms with Gasteiger partial charge in [-0.25, -0.2) is 0 Å². The van der Waals surface area contributed by atoms with Gasteiger partial charge in [-0.3, -0.25) is 9.59 Å². The smallest absolute Gasteiger partial charge is 0.272 e. The summed E-state index contributed by atoms with van der Waals surface area (Å²) in [6.45, 7) is 2.04. The number of benzene rings is 2. The number of aromatic nitrogens is 3. The highest BCUT2D eigenvalue weighted by Gasteiger charge is 2.20. The van der Waals surface area contributed by atoms with Gasteiger partial charge in [0.05, 0.1) is 17.3 Å². The van der Waals surface area contributed by atoms with Crippen molar-refractivity contribution in [1.29, 1.82) is 0 Å². The van der Waals surface area contributed by atoms with E-state index in [0.717, 1.165) is 29.5 Å². The van der Waals surface area contributed by atoms with Gasteiger partial charge >= 0.3 is 0 Å². The van der Waals surface area contributed by atoms with Crippen molar-refractivity contribution in [2.24, 2.45) is 7.05 Å². The van der Waals surface area contributed by atoms with Gasteiger partial charge in [-0.05, 0) is 55.7 Å². The maximum absolute atomic E-state index is 13.1. The van der Waals surface area contributed by atoms with E-state index < -0.39 is 0 Å². The molecule has 4 rings (SSSR count). The maximum atomic E-state index is 13.1. The van der Waals surface area contributed by atoms with Gasteiger partial charge in [0, 0.05) is 37.4 Å². The Morgan fingerprint density at radius 1 is 1.06 bits per heavy atom. The number of aryl methyl sites for hydroxylation is 2. The van der Waals surface area contributed by atoms with Gasteiger partial charge < -0.3 is 14.8 Å². The molecule has 0 spiro atoms. The van der Waals surface area contributed by atoms with Crippen LogP contribution in [0, 0.1) is 0 Å². The fourth-order valence-corrected chi connectivity index (χ4v) is 3.78. The third-order valence-electron chi connectivity index (χ3n) is 6.00. The molecule has 4 aromatic rings. The zero-order chi connectivity index (χ0) is 23.4. The summed E-state index contributed by atoms with van der Waals surface area (Å²) in [7, 11) is 3.67. The second-order valence-corrected chi connectivity index (χ2v) is 8.23. The first-order chi connectivity index (χ1) is 15.9. The van der Waals surface area contributed by atoms with Gasteiger partial charge in [-0.15, -0.1) is 0 Å². The van der Waals surface area contributed by atoms with Crippen LogP contribution >= 0.6 is 0 Å². The average molecular weight is 442 g/mol. The Bertz CT molecular complexity index is 1270. The zero-order valence-corrected chi connectivity index (χ0v) is 19.0. The standard InChI is InChI=1S/C26H27N5O2/c1-18(31(3)26(33)22-17-27-29-23-8-5-4-7-21(22)23)10-11-19-12-14-20(15-13-19)28-25(32)24-9-6-16-30(24)2/h4-9,12-18H,10-11H2,1-3H3,(H,28,32)/t18-/m0/s1. The van der Waals surface area contributed by atoms with Crippen molar-refractivity contribution in [3.8, 4) is 0 Å². The van der Waals surface area contributed by atoms with Gasteiger partial charge in [0.2, 0.25) is 0 Å². The molecule has 0 saturated carbocycles. The van der Waals surface area contributed by atoms with Gasteiger partial charge in [-0.1, -0.05) is 30.3 Å². The fourth-order valence-electron chi connectivity index (χ4n) is 3.78. The second-order valence-electron chi connectivity index (χ2n) is 8.23. The number of hydrogen-bond donors (Lipinski definition) is 1. The summed E-state index contributed by atoms with van der Waals surface area (Å²) >= 11 is 0. The molecule has 2 amide bonds. The second kappa shape index (κ2) is 9.65. The summed E-state index contributed by atoms with van der Waals surface area (Å²) < 4.78 is 1.79. The Balaban J connectivity index is 1.35. The molecule has 0 unspecified atom stereocenters. The zero-order valence-electron chi connectivity index (χ0n) is 19.0. The lowest BCUT2D eigenvalue weighted by molar-refractivity contribution is 0.0738. The van der Waals surface area contributed by atoms with Crippen LogP contribution in [0.5, 0.6) is 0 Å². The van der Waals surface area contributed by atoms with Crippen LogP contribution in [-0.4, -0.2) is 44.6 Å². The summed E-state index contributed by atoms with van der Waals surface area (Å²) in [5.41, 5.74) is 3.78. The van der Waals surface area contributed by atoms with Crippen LogP contribution in [0.4, 0.5) is 5.69 Å². The first-order valence-electron chi connectivity index (χ1n) is 10.9. The van der Waals surface area contributed by atoms with Crippen LogP contribution in [0.25, 0.3) is 10.9 Å². The predicted molar refractivity (Wildman–Crippen MR) is 129 cm³/mol. The van der Waals surface area contributed by atoms with Gasteiger partial charge in [-0.2, -0.15) is 10.2 Å². The summed E-state index contributed by atoms with van der Waals surface area (Å²) in [5, 5.41) is 11.8. The molecule has 0 aliphatic rings. The lowest BCUT2D eigenvalue weighted by atomic mass is 10.0. The molecule has 168 valence electrons. The highest BCUT2D eigenvalue weighted by Crippen LogP contribution is 2.19. The lowest BCUT2D eigenvalue weighted by Crippen LogP contribution is -2.35. The quantitative estimate of drug-likeness (QED) is 0.463. The number of nitrogens with zero attached hydrogens (tertiary/aromatic N) is 4. The van der Waals surface area contributed by atoms with Crippen LogP contribution in [-0.2, 0) is 13.5 Å². The van der Waals surface area contributed by atoms with Crippen LogP contribution in [0.1, 0.15) is 39.8 Å². The van der Waals surface area contributed by atoms with Gasteiger partial charge in [0.1, 0.15) is 5.69 Å². The van der Waals surface area contributed by atoms with E-state index >= 15 is 0 Å². The molecule has 1 N–H and O–H groups in total. The molecule has 2 aromatic carbocycles. The number of rotatable bonds is 7. The minimum atomic E-state index is -0.137. The molecule has 7 heteroatoms. The number of hydrogen-bond acceptors (Lipinski definition) is 4. The van der Waals surface area contributed by atoms with Crippen molar-refractivity contribution in [1.82, 2.24) is 19.7 Å². The van der Waals surface area contributed by atoms with Crippen LogP contribution < -0.4 is 5.32 Å². The SMILES string of the molecule is C[C@@H](CCc1ccc(NC(=O)c2cccn2C)cc1)N(C)C(=O)c1cnnc2ccccc12. The lowest BCUT2D eigenvalue weighted by Gasteiger charge is -2.25. The predicted octanol–water partition coefficient (Wildman–Crippen LogP) is 4.31. The van der Waals surface area contributed by atoms with Crippen LogP contribution in [0.15, 0.2) is 73.1 Å². The van der Waals surface area contributed by atoms with E-state index in [9.17, 15) is 9.59 Å². The summed E-state index contributed by atoms with van der Waals surface area (Å²) in [5.74, 6) is -0.200. The molecule has 2 heterocycles. The molecular formula is C26H27N5O2. The average Bonchev–Trinajstić information content (AvgIpc) is 3.28. The van der Waals surface area contributed by atoms with E-state index in [1.807, 2.05) is 81.8 Å². The third-order valence-corrected chi connectivity index (χ3v) is 6.00. The van der Waals surface area contributed by atoms with Crippen molar-refractivity contribution in [3.05, 3.63) is 89.9 Å². The molecule has 0 fully saturated rings. The molecule has 0 bridgehead atoms. The summed E-state index contributed by atoms with van der Waals surface area (Å²) in [4.78, 5) is 27.2. The number of carbonyl (C=O) groups is 2. The first-order valence-corrected chi connectivity index (χ1v) is 10.9. The molecule has 7 nitrogen and oxygen atoms in total. The molecule has 0 aliphatic carbocycles. The van der Waals surface area contributed by atoms with Crippen LogP contribution in [0.3, 0.4) is 0 Å². The highest BCUT2D eigenvalue weighted by atomic mass is 16.2. The van der Waals surface area contributed by atoms with E-state index in [2.05, 4.69) is 15.5 Å². The summed E-state index contributed by atoms with van der Waals surface area (Å²) in [6, 6.07) is 19.0. The number of fused-ring (bicyclic) bond motifs is 1. The Hall–Kier alpha value is -4.00. The van der Waals surface area contributed by atoms with E-state index in [-0.39, 0.29) is 17.9 Å². The number of carbonyl (C=O) groups excluding carboxylic acids is 2. The van der Waals surface area contributed by atoms with Gasteiger partial charge in [0.25, 0.3) is 11.8 Å².